The number of hydrogen-bond acceptors (Lipinski definition) is 4. The van der Waals surface area contributed by atoms with E-state index in [0.29, 0.717) is 18.7 Å². The largest absolute Gasteiger partial charge is 0.504 e. The summed E-state index contributed by atoms with van der Waals surface area (Å²) in [6.07, 6.45) is 0.184. The molecule has 2 aromatic rings. The average molecular weight is 358 g/mol. The number of methoxy groups -OCH3 is 1. The summed E-state index contributed by atoms with van der Waals surface area (Å²) >= 11 is 0. The molecule has 0 saturated carbocycles. The summed E-state index contributed by atoms with van der Waals surface area (Å²) in [5.41, 5.74) is 0.977. The molecule has 2 aromatic carbocycles. The van der Waals surface area contributed by atoms with Crippen molar-refractivity contribution in [3.63, 3.8) is 0 Å². The van der Waals surface area contributed by atoms with E-state index in [4.69, 9.17) is 4.74 Å². The van der Waals surface area contributed by atoms with Crippen molar-refractivity contribution in [1.29, 1.82) is 0 Å². The minimum atomic E-state index is -0.381. The average Bonchev–Trinajstić information content (AvgIpc) is 2.94. The number of aromatic hydroxyl groups is 1. The molecule has 2 N–H and O–H groups in total. The Morgan fingerprint density at radius 3 is 2.85 bits per heavy atom. The quantitative estimate of drug-likeness (QED) is 0.858. The van der Waals surface area contributed by atoms with Gasteiger partial charge in [-0.3, -0.25) is 9.59 Å². The van der Waals surface area contributed by atoms with Crippen LogP contribution < -0.4 is 10.1 Å². The SMILES string of the molecule is COc1ccc(C(=O)N[C@H]2CC(=O)N(Cc3cccc(F)c3)C2)cc1O. The van der Waals surface area contributed by atoms with E-state index < -0.39 is 0 Å². The molecule has 0 unspecified atom stereocenters. The van der Waals surface area contributed by atoms with Crippen LogP contribution in [0.2, 0.25) is 0 Å². The van der Waals surface area contributed by atoms with Crippen LogP contribution in [-0.4, -0.2) is 41.5 Å². The lowest BCUT2D eigenvalue weighted by molar-refractivity contribution is -0.128. The number of phenolic OH excluding ortho intramolecular Hbond substituents is 1. The van der Waals surface area contributed by atoms with Gasteiger partial charge < -0.3 is 20.1 Å². The van der Waals surface area contributed by atoms with Crippen molar-refractivity contribution in [1.82, 2.24) is 10.2 Å². The van der Waals surface area contributed by atoms with Gasteiger partial charge in [-0.1, -0.05) is 12.1 Å². The van der Waals surface area contributed by atoms with Gasteiger partial charge in [0, 0.05) is 25.1 Å². The molecule has 0 aliphatic carbocycles. The third-order valence-electron chi connectivity index (χ3n) is 4.25. The topological polar surface area (TPSA) is 78.9 Å². The second-order valence-electron chi connectivity index (χ2n) is 6.17. The molecule has 7 heteroatoms. The first-order valence-corrected chi connectivity index (χ1v) is 8.16. The number of carbonyl (C=O) groups excluding carboxylic acids is 2. The van der Waals surface area contributed by atoms with Gasteiger partial charge in [0.15, 0.2) is 11.5 Å². The fourth-order valence-electron chi connectivity index (χ4n) is 2.98. The van der Waals surface area contributed by atoms with Crippen LogP contribution in [0.3, 0.4) is 0 Å². The normalized spacial score (nSPS) is 16.6. The summed E-state index contributed by atoms with van der Waals surface area (Å²) in [7, 11) is 1.42. The molecular formula is C19H19FN2O4. The zero-order valence-corrected chi connectivity index (χ0v) is 14.2. The molecule has 1 heterocycles. The Kier molecular flexibility index (Phi) is 5.06. The van der Waals surface area contributed by atoms with Crippen molar-refractivity contribution in [3.8, 4) is 11.5 Å². The van der Waals surface area contributed by atoms with E-state index >= 15 is 0 Å². The van der Waals surface area contributed by atoms with Crippen LogP contribution in [0.5, 0.6) is 11.5 Å². The van der Waals surface area contributed by atoms with Gasteiger partial charge in [-0.05, 0) is 35.9 Å². The highest BCUT2D eigenvalue weighted by molar-refractivity contribution is 5.95. The van der Waals surface area contributed by atoms with Crippen LogP contribution in [0.15, 0.2) is 42.5 Å². The van der Waals surface area contributed by atoms with Crippen molar-refractivity contribution in [2.45, 2.75) is 19.0 Å². The Bertz CT molecular complexity index is 840. The predicted octanol–water partition coefficient (Wildman–Crippen LogP) is 2.07. The molecule has 1 fully saturated rings. The minimum Gasteiger partial charge on any atom is -0.504 e. The second kappa shape index (κ2) is 7.43. The van der Waals surface area contributed by atoms with Gasteiger partial charge in [-0.25, -0.2) is 4.39 Å². The Morgan fingerprint density at radius 1 is 1.35 bits per heavy atom. The molecule has 1 aliphatic rings. The lowest BCUT2D eigenvalue weighted by Crippen LogP contribution is -2.37. The van der Waals surface area contributed by atoms with Crippen LogP contribution in [0.25, 0.3) is 0 Å². The Hall–Kier alpha value is -3.09. The number of rotatable bonds is 5. The number of likely N-dealkylation sites (tertiary alicyclic amines) is 1. The number of ether oxygens (including phenoxy) is 1. The fraction of sp³-hybridized carbons (Fsp3) is 0.263. The monoisotopic (exact) mass is 358 g/mol. The van der Waals surface area contributed by atoms with E-state index in [9.17, 15) is 19.1 Å². The lowest BCUT2D eigenvalue weighted by atomic mass is 10.1. The van der Waals surface area contributed by atoms with E-state index in [1.165, 1.54) is 37.4 Å². The van der Waals surface area contributed by atoms with E-state index in [1.807, 2.05) is 0 Å². The first-order chi connectivity index (χ1) is 12.5. The number of hydrogen-bond donors (Lipinski definition) is 2. The molecule has 1 atom stereocenters. The smallest absolute Gasteiger partial charge is 0.251 e. The van der Waals surface area contributed by atoms with Crippen LogP contribution in [-0.2, 0) is 11.3 Å². The Labute approximate surface area is 150 Å². The highest BCUT2D eigenvalue weighted by atomic mass is 19.1. The Balaban J connectivity index is 1.62. The van der Waals surface area contributed by atoms with E-state index in [0.717, 1.165) is 0 Å². The molecule has 3 rings (SSSR count). The summed E-state index contributed by atoms with van der Waals surface area (Å²) in [6.45, 7) is 0.648. The van der Waals surface area contributed by atoms with Crippen molar-refractivity contribution in [2.24, 2.45) is 0 Å². The molecule has 2 amide bonds. The number of carbonyl (C=O) groups is 2. The molecular weight excluding hydrogens is 339 g/mol. The van der Waals surface area contributed by atoms with Crippen LogP contribution in [0.4, 0.5) is 4.39 Å². The van der Waals surface area contributed by atoms with Gasteiger partial charge in [0.25, 0.3) is 5.91 Å². The Morgan fingerprint density at radius 2 is 2.15 bits per heavy atom. The molecule has 0 bridgehead atoms. The molecule has 0 aromatic heterocycles. The zero-order valence-electron chi connectivity index (χ0n) is 14.2. The summed E-state index contributed by atoms with van der Waals surface area (Å²) in [6, 6.07) is 10.1. The maximum absolute atomic E-state index is 13.3. The van der Waals surface area contributed by atoms with Gasteiger partial charge in [0.05, 0.1) is 13.2 Å². The number of amides is 2. The van der Waals surface area contributed by atoms with Crippen LogP contribution in [0.1, 0.15) is 22.3 Å². The molecule has 0 radical (unpaired) electrons. The van der Waals surface area contributed by atoms with Gasteiger partial charge >= 0.3 is 0 Å². The molecule has 1 saturated heterocycles. The maximum Gasteiger partial charge on any atom is 0.251 e. The van der Waals surface area contributed by atoms with Gasteiger partial charge in [0.1, 0.15) is 5.82 Å². The predicted molar refractivity (Wildman–Crippen MR) is 92.3 cm³/mol. The maximum atomic E-state index is 13.3. The van der Waals surface area contributed by atoms with E-state index in [-0.39, 0.29) is 47.2 Å². The molecule has 6 nitrogen and oxygen atoms in total. The highest BCUT2D eigenvalue weighted by Gasteiger charge is 2.30. The summed E-state index contributed by atoms with van der Waals surface area (Å²) in [5, 5.41) is 12.6. The number of benzene rings is 2. The van der Waals surface area contributed by atoms with Crippen LogP contribution in [0, 0.1) is 5.82 Å². The van der Waals surface area contributed by atoms with Crippen molar-refractivity contribution in [2.75, 3.05) is 13.7 Å². The van der Waals surface area contributed by atoms with Crippen molar-refractivity contribution < 1.29 is 23.8 Å². The van der Waals surface area contributed by atoms with Gasteiger partial charge in [0.2, 0.25) is 5.91 Å². The third kappa shape index (κ3) is 3.93. The fourth-order valence-corrected chi connectivity index (χ4v) is 2.98. The first-order valence-electron chi connectivity index (χ1n) is 8.16. The van der Waals surface area contributed by atoms with Crippen molar-refractivity contribution >= 4 is 11.8 Å². The highest BCUT2D eigenvalue weighted by Crippen LogP contribution is 2.26. The minimum absolute atomic E-state index is 0.0999. The van der Waals surface area contributed by atoms with Gasteiger partial charge in [-0.15, -0.1) is 0 Å². The molecule has 1 aliphatic heterocycles. The second-order valence-corrected chi connectivity index (χ2v) is 6.17. The third-order valence-corrected chi connectivity index (χ3v) is 4.25. The standard InChI is InChI=1S/C19H19FN2O4/c1-26-17-6-5-13(8-16(17)23)19(25)21-15-9-18(24)22(11-15)10-12-3-2-4-14(20)7-12/h2-8,15,23H,9-11H2,1H3,(H,21,25)/t15-/m0/s1. The summed E-state index contributed by atoms with van der Waals surface area (Å²) < 4.78 is 18.2. The lowest BCUT2D eigenvalue weighted by Gasteiger charge is -2.17. The number of halogens is 1. The van der Waals surface area contributed by atoms with E-state index in [2.05, 4.69) is 5.32 Å². The molecule has 26 heavy (non-hydrogen) atoms. The summed E-state index contributed by atoms with van der Waals surface area (Å²) in [4.78, 5) is 26.1. The summed E-state index contributed by atoms with van der Waals surface area (Å²) in [5.74, 6) is -0.682. The number of nitrogens with zero attached hydrogens (tertiary/aromatic N) is 1. The molecule has 136 valence electrons. The van der Waals surface area contributed by atoms with Crippen molar-refractivity contribution in [3.05, 3.63) is 59.4 Å². The number of phenols is 1. The first kappa shape index (κ1) is 17.7. The zero-order chi connectivity index (χ0) is 18.7. The number of nitrogens with one attached hydrogen (secondary N) is 1. The van der Waals surface area contributed by atoms with Crippen LogP contribution >= 0.6 is 0 Å². The van der Waals surface area contributed by atoms with Gasteiger partial charge in [-0.2, -0.15) is 0 Å². The molecule has 0 spiro atoms. The van der Waals surface area contributed by atoms with E-state index in [1.54, 1.807) is 17.0 Å².